The number of carbonyl (C=O) groups excluding carboxylic acids is 1. The number of benzene rings is 2. The van der Waals surface area contributed by atoms with E-state index in [4.69, 9.17) is 5.73 Å². The number of carbonyl (C=O) groups is 1. The number of halogens is 2. The Hall–Kier alpha value is -3.68. The molecule has 0 bridgehead atoms. The van der Waals surface area contributed by atoms with E-state index in [2.05, 4.69) is 15.1 Å². The van der Waals surface area contributed by atoms with E-state index in [1.807, 2.05) is 4.68 Å². The number of fused-ring (bicyclic) bond motifs is 1. The van der Waals surface area contributed by atoms with Gasteiger partial charge >= 0.3 is 0 Å². The highest BCUT2D eigenvalue weighted by Gasteiger charge is 2.26. The number of hydrogen-bond acceptors (Lipinski definition) is 5. The van der Waals surface area contributed by atoms with Gasteiger partial charge in [-0.1, -0.05) is 31.0 Å². The van der Waals surface area contributed by atoms with E-state index in [9.17, 15) is 9.18 Å². The van der Waals surface area contributed by atoms with Crippen LogP contribution in [0, 0.1) is 11.6 Å². The standard InChI is InChI=1S/C23H19F2N5O/c24-15-5-3-4-13(10-15)21(31)14-8-9-17(18(25)11-14)20-19-22(26)27-12-28-23(19)30(29-20)16-6-1-2-7-16/h3-5,8-12,16H,1-2,6-7H2,(H2,26,27,28). The van der Waals surface area contributed by atoms with Crippen LogP contribution in [0.2, 0.25) is 0 Å². The van der Waals surface area contributed by atoms with Gasteiger partial charge in [0.05, 0.1) is 11.4 Å². The third-order valence-corrected chi connectivity index (χ3v) is 5.76. The fourth-order valence-electron chi connectivity index (χ4n) is 4.23. The number of ketones is 1. The topological polar surface area (TPSA) is 86.7 Å². The van der Waals surface area contributed by atoms with Gasteiger partial charge in [0.1, 0.15) is 29.5 Å². The van der Waals surface area contributed by atoms with E-state index in [1.165, 1.54) is 36.7 Å². The number of rotatable bonds is 4. The Labute approximate surface area is 176 Å². The zero-order valence-electron chi connectivity index (χ0n) is 16.6. The van der Waals surface area contributed by atoms with Gasteiger partial charge in [0.2, 0.25) is 0 Å². The van der Waals surface area contributed by atoms with Gasteiger partial charge in [-0.25, -0.2) is 23.4 Å². The molecule has 156 valence electrons. The molecule has 2 N–H and O–H groups in total. The van der Waals surface area contributed by atoms with E-state index < -0.39 is 17.4 Å². The molecule has 2 aromatic heterocycles. The summed E-state index contributed by atoms with van der Waals surface area (Å²) in [6.45, 7) is 0. The molecule has 0 saturated heterocycles. The first-order chi connectivity index (χ1) is 15.0. The highest BCUT2D eigenvalue weighted by molar-refractivity contribution is 6.09. The van der Waals surface area contributed by atoms with E-state index in [0.29, 0.717) is 16.7 Å². The van der Waals surface area contributed by atoms with Crippen molar-refractivity contribution < 1.29 is 13.6 Å². The van der Waals surface area contributed by atoms with Gasteiger partial charge in [-0.2, -0.15) is 5.10 Å². The summed E-state index contributed by atoms with van der Waals surface area (Å²) in [6.07, 6.45) is 5.54. The predicted molar refractivity (Wildman–Crippen MR) is 112 cm³/mol. The molecule has 2 heterocycles. The van der Waals surface area contributed by atoms with Crippen LogP contribution in [0.15, 0.2) is 48.8 Å². The van der Waals surface area contributed by atoms with Crippen LogP contribution in [0.25, 0.3) is 22.3 Å². The lowest BCUT2D eigenvalue weighted by atomic mass is 10.00. The van der Waals surface area contributed by atoms with E-state index in [-0.39, 0.29) is 28.6 Å². The molecule has 31 heavy (non-hydrogen) atoms. The minimum Gasteiger partial charge on any atom is -0.383 e. The summed E-state index contributed by atoms with van der Waals surface area (Å²) in [5.41, 5.74) is 7.52. The van der Waals surface area contributed by atoms with Crippen LogP contribution in [0.5, 0.6) is 0 Å². The summed E-state index contributed by atoms with van der Waals surface area (Å²) < 4.78 is 30.5. The highest BCUT2D eigenvalue weighted by atomic mass is 19.1. The third-order valence-electron chi connectivity index (χ3n) is 5.76. The van der Waals surface area contributed by atoms with Crippen LogP contribution in [0.4, 0.5) is 14.6 Å². The monoisotopic (exact) mass is 419 g/mol. The van der Waals surface area contributed by atoms with Crippen molar-refractivity contribution in [2.24, 2.45) is 0 Å². The molecule has 0 spiro atoms. The lowest BCUT2D eigenvalue weighted by molar-refractivity contribution is 0.103. The molecule has 6 nitrogen and oxygen atoms in total. The molecule has 1 saturated carbocycles. The summed E-state index contributed by atoms with van der Waals surface area (Å²) in [4.78, 5) is 21.1. The third kappa shape index (κ3) is 3.34. The number of nitrogens with zero attached hydrogens (tertiary/aromatic N) is 4. The fourth-order valence-corrected chi connectivity index (χ4v) is 4.23. The second kappa shape index (κ2) is 7.54. The Kier molecular flexibility index (Phi) is 4.69. The van der Waals surface area contributed by atoms with Crippen molar-refractivity contribution in [3.63, 3.8) is 0 Å². The summed E-state index contributed by atoms with van der Waals surface area (Å²) in [5, 5.41) is 5.16. The molecule has 0 amide bonds. The molecule has 2 aromatic carbocycles. The van der Waals surface area contributed by atoms with Crippen LogP contribution in [0.3, 0.4) is 0 Å². The number of hydrogen-bond donors (Lipinski definition) is 1. The van der Waals surface area contributed by atoms with Crippen LogP contribution < -0.4 is 5.73 Å². The number of aromatic nitrogens is 4. The zero-order chi connectivity index (χ0) is 21.5. The molecule has 4 aromatic rings. The van der Waals surface area contributed by atoms with Gasteiger partial charge in [-0.3, -0.25) is 4.79 Å². The number of nitrogens with two attached hydrogens (primary N) is 1. The van der Waals surface area contributed by atoms with Gasteiger partial charge < -0.3 is 5.73 Å². The van der Waals surface area contributed by atoms with Crippen LogP contribution in [-0.4, -0.2) is 25.5 Å². The largest absolute Gasteiger partial charge is 0.383 e. The van der Waals surface area contributed by atoms with Crippen LogP contribution in [0.1, 0.15) is 47.6 Å². The maximum absolute atomic E-state index is 15.2. The van der Waals surface area contributed by atoms with Crippen LogP contribution in [-0.2, 0) is 0 Å². The normalized spacial score (nSPS) is 14.4. The first kappa shape index (κ1) is 19.3. The van der Waals surface area contributed by atoms with Crippen molar-refractivity contribution in [1.82, 2.24) is 19.7 Å². The Balaban J connectivity index is 1.60. The molecule has 1 aliphatic rings. The van der Waals surface area contributed by atoms with Crippen molar-refractivity contribution >= 4 is 22.6 Å². The first-order valence-corrected chi connectivity index (χ1v) is 10.1. The van der Waals surface area contributed by atoms with Crippen molar-refractivity contribution in [1.29, 1.82) is 0 Å². The molecular weight excluding hydrogens is 400 g/mol. The van der Waals surface area contributed by atoms with Gasteiger partial charge in [0.25, 0.3) is 0 Å². The lowest BCUT2D eigenvalue weighted by Crippen LogP contribution is -2.07. The molecule has 5 rings (SSSR count). The average Bonchev–Trinajstić information content (AvgIpc) is 3.42. The summed E-state index contributed by atoms with van der Waals surface area (Å²) in [6, 6.07) is 9.64. The maximum atomic E-state index is 15.2. The number of nitrogen functional groups attached to an aromatic ring is 1. The van der Waals surface area contributed by atoms with Crippen molar-refractivity contribution in [2.45, 2.75) is 31.7 Å². The van der Waals surface area contributed by atoms with Gasteiger partial charge in [-0.05, 0) is 37.1 Å². The Bertz CT molecular complexity index is 1310. The number of anilines is 1. The molecule has 8 heteroatoms. The zero-order valence-corrected chi connectivity index (χ0v) is 16.6. The Morgan fingerprint density at radius 1 is 1.03 bits per heavy atom. The van der Waals surface area contributed by atoms with Crippen molar-refractivity contribution in [2.75, 3.05) is 5.73 Å². The smallest absolute Gasteiger partial charge is 0.193 e. The Morgan fingerprint density at radius 3 is 2.55 bits per heavy atom. The van der Waals surface area contributed by atoms with E-state index >= 15 is 4.39 Å². The van der Waals surface area contributed by atoms with Crippen molar-refractivity contribution in [3.05, 3.63) is 71.6 Å². The lowest BCUT2D eigenvalue weighted by Gasteiger charge is -2.10. The Morgan fingerprint density at radius 2 is 1.81 bits per heavy atom. The van der Waals surface area contributed by atoms with Gasteiger partial charge in [0.15, 0.2) is 11.4 Å². The fraction of sp³-hybridized carbons (Fsp3) is 0.217. The molecule has 0 unspecified atom stereocenters. The summed E-state index contributed by atoms with van der Waals surface area (Å²) in [5.74, 6) is -1.39. The first-order valence-electron chi connectivity index (χ1n) is 10.1. The quantitative estimate of drug-likeness (QED) is 0.485. The van der Waals surface area contributed by atoms with Crippen molar-refractivity contribution in [3.8, 4) is 11.3 Å². The minimum absolute atomic E-state index is 0.121. The van der Waals surface area contributed by atoms with Gasteiger partial charge in [-0.15, -0.1) is 0 Å². The molecular formula is C23H19F2N5O. The average molecular weight is 419 g/mol. The second-order valence-corrected chi connectivity index (χ2v) is 7.72. The molecule has 1 fully saturated rings. The highest BCUT2D eigenvalue weighted by Crippen LogP contribution is 2.37. The SMILES string of the molecule is Nc1ncnc2c1c(-c1ccc(C(=O)c3cccc(F)c3)cc1F)nn2C1CCCC1. The summed E-state index contributed by atoms with van der Waals surface area (Å²) in [7, 11) is 0. The van der Waals surface area contributed by atoms with E-state index in [1.54, 1.807) is 0 Å². The summed E-state index contributed by atoms with van der Waals surface area (Å²) >= 11 is 0. The van der Waals surface area contributed by atoms with Gasteiger partial charge in [0, 0.05) is 16.7 Å². The molecule has 1 aliphatic carbocycles. The minimum atomic E-state index is -0.622. The second-order valence-electron chi connectivity index (χ2n) is 7.72. The van der Waals surface area contributed by atoms with Crippen LogP contribution >= 0.6 is 0 Å². The van der Waals surface area contributed by atoms with E-state index in [0.717, 1.165) is 37.8 Å². The maximum Gasteiger partial charge on any atom is 0.193 e. The molecule has 0 radical (unpaired) electrons. The predicted octanol–water partition coefficient (Wildman–Crippen LogP) is 4.70. The molecule has 0 aliphatic heterocycles. The molecule has 0 atom stereocenters.